The number of thiophene rings is 1. The molecule has 9 heteroatoms. The third kappa shape index (κ3) is 3.99. The molecule has 0 bridgehead atoms. The number of rotatable bonds is 6. The van der Waals surface area contributed by atoms with Crippen LogP contribution < -0.4 is 10.1 Å². The number of aromatic nitrogens is 2. The van der Waals surface area contributed by atoms with Crippen molar-refractivity contribution in [3.63, 3.8) is 0 Å². The highest BCUT2D eigenvalue weighted by Gasteiger charge is 2.25. The van der Waals surface area contributed by atoms with E-state index in [-0.39, 0.29) is 22.9 Å². The molecular formula is C22H18ClN3O4S. The third-order valence-electron chi connectivity index (χ3n) is 4.59. The molecule has 0 aliphatic carbocycles. The summed E-state index contributed by atoms with van der Waals surface area (Å²) in [5.74, 6) is -0.333. The van der Waals surface area contributed by atoms with E-state index in [9.17, 15) is 9.59 Å². The number of nitrogens with one attached hydrogen (secondary N) is 1. The zero-order chi connectivity index (χ0) is 22.0. The van der Waals surface area contributed by atoms with E-state index in [0.29, 0.717) is 21.8 Å². The zero-order valence-electron chi connectivity index (χ0n) is 16.7. The van der Waals surface area contributed by atoms with Gasteiger partial charge >= 0.3 is 5.97 Å². The first-order chi connectivity index (χ1) is 15.0. The molecule has 7 nitrogen and oxygen atoms in total. The van der Waals surface area contributed by atoms with Gasteiger partial charge in [-0.25, -0.2) is 9.31 Å². The minimum Gasteiger partial charge on any atom is -0.497 e. The predicted molar refractivity (Wildman–Crippen MR) is 120 cm³/mol. The van der Waals surface area contributed by atoms with Crippen molar-refractivity contribution in [2.45, 2.75) is 6.92 Å². The third-order valence-corrected chi connectivity index (χ3v) is 5.86. The van der Waals surface area contributed by atoms with Gasteiger partial charge in [0.05, 0.1) is 24.3 Å². The second-order valence-electron chi connectivity index (χ2n) is 6.45. The van der Waals surface area contributed by atoms with Crippen molar-refractivity contribution in [2.75, 3.05) is 19.0 Å². The molecule has 4 aromatic rings. The molecule has 31 heavy (non-hydrogen) atoms. The fourth-order valence-corrected chi connectivity index (χ4v) is 4.34. The molecule has 0 aliphatic rings. The molecule has 0 saturated heterocycles. The topological polar surface area (TPSA) is 81.9 Å². The van der Waals surface area contributed by atoms with Crippen molar-refractivity contribution < 1.29 is 19.1 Å². The second kappa shape index (κ2) is 8.79. The van der Waals surface area contributed by atoms with Gasteiger partial charge < -0.3 is 14.8 Å². The van der Waals surface area contributed by atoms with E-state index in [0.717, 1.165) is 5.56 Å². The van der Waals surface area contributed by atoms with Gasteiger partial charge in [-0.3, -0.25) is 4.79 Å². The van der Waals surface area contributed by atoms with Crippen LogP contribution in [0.2, 0.25) is 5.02 Å². The van der Waals surface area contributed by atoms with Crippen molar-refractivity contribution in [2.24, 2.45) is 0 Å². The number of benzene rings is 1. The summed E-state index contributed by atoms with van der Waals surface area (Å²) >= 11 is 7.58. The van der Waals surface area contributed by atoms with Crippen molar-refractivity contribution >= 4 is 45.3 Å². The smallest absolute Gasteiger partial charge is 0.341 e. The Hall–Kier alpha value is -3.36. The lowest BCUT2D eigenvalue weighted by Crippen LogP contribution is -2.15. The molecule has 1 N–H and O–H groups in total. The molecule has 1 amide bonds. The van der Waals surface area contributed by atoms with Crippen molar-refractivity contribution in [1.82, 2.24) is 9.61 Å². The Morgan fingerprint density at radius 3 is 2.65 bits per heavy atom. The number of anilines is 1. The molecule has 0 fully saturated rings. The maximum Gasteiger partial charge on any atom is 0.341 e. The Labute approximate surface area is 187 Å². The number of fused-ring (bicyclic) bond motifs is 1. The van der Waals surface area contributed by atoms with Gasteiger partial charge in [0.15, 0.2) is 5.69 Å². The average Bonchev–Trinajstić information content (AvgIpc) is 3.35. The molecule has 0 unspecified atom stereocenters. The molecule has 0 aliphatic heterocycles. The van der Waals surface area contributed by atoms with Gasteiger partial charge in [0.1, 0.15) is 16.3 Å². The molecule has 0 radical (unpaired) electrons. The minimum atomic E-state index is -0.522. The molecule has 4 rings (SSSR count). The van der Waals surface area contributed by atoms with Crippen LogP contribution in [0.15, 0.2) is 54.0 Å². The highest BCUT2D eigenvalue weighted by molar-refractivity contribution is 7.15. The number of carbonyl (C=O) groups is 2. The Morgan fingerprint density at radius 2 is 1.97 bits per heavy atom. The fraction of sp³-hybridized carbons (Fsp3) is 0.136. The number of ether oxygens (including phenoxy) is 2. The maximum absolute atomic E-state index is 12.9. The number of methoxy groups -OCH3 is 1. The average molecular weight is 456 g/mol. The van der Waals surface area contributed by atoms with Gasteiger partial charge in [-0.1, -0.05) is 29.8 Å². The number of hydrogen-bond acceptors (Lipinski definition) is 6. The van der Waals surface area contributed by atoms with Crippen molar-refractivity contribution in [3.8, 4) is 16.9 Å². The van der Waals surface area contributed by atoms with Gasteiger partial charge in [0.2, 0.25) is 0 Å². The molecule has 1 aromatic carbocycles. The van der Waals surface area contributed by atoms with Gasteiger partial charge in [0, 0.05) is 17.1 Å². The molecule has 158 valence electrons. The standard InChI is InChI=1S/C22H18ClN3O4S/c1-3-30-22(28)17-15(13-7-9-14(29-2)10-8-13)12-31-21(17)24-20(27)19-18(23)16-6-4-5-11-26(16)25-19/h4-12H,3H2,1-2H3,(H,24,27). The lowest BCUT2D eigenvalue weighted by Gasteiger charge is -2.09. The minimum absolute atomic E-state index is 0.0714. The summed E-state index contributed by atoms with van der Waals surface area (Å²) in [7, 11) is 1.59. The first kappa shape index (κ1) is 20.9. The van der Waals surface area contributed by atoms with Crippen LogP contribution in [-0.2, 0) is 4.74 Å². The van der Waals surface area contributed by atoms with Gasteiger partial charge in [-0.05, 0) is 36.8 Å². The first-order valence-electron chi connectivity index (χ1n) is 9.40. The fourth-order valence-electron chi connectivity index (χ4n) is 3.11. The number of nitrogens with zero attached hydrogens (tertiary/aromatic N) is 2. The number of esters is 1. The van der Waals surface area contributed by atoms with Gasteiger partial charge in [-0.2, -0.15) is 5.10 Å². The van der Waals surface area contributed by atoms with E-state index in [1.165, 1.54) is 15.9 Å². The van der Waals surface area contributed by atoms with Crippen LogP contribution >= 0.6 is 22.9 Å². The highest BCUT2D eigenvalue weighted by atomic mass is 35.5. The number of halogens is 1. The Balaban J connectivity index is 1.71. The van der Waals surface area contributed by atoms with Gasteiger partial charge in [0.25, 0.3) is 5.91 Å². The number of pyridine rings is 1. The van der Waals surface area contributed by atoms with Crippen LogP contribution in [0.4, 0.5) is 5.00 Å². The largest absolute Gasteiger partial charge is 0.497 e. The van der Waals surface area contributed by atoms with Crippen LogP contribution in [0.1, 0.15) is 27.8 Å². The number of amides is 1. The molecule has 0 spiro atoms. The number of hydrogen-bond donors (Lipinski definition) is 1. The summed E-state index contributed by atoms with van der Waals surface area (Å²) in [5, 5.41) is 9.43. The van der Waals surface area contributed by atoms with Gasteiger partial charge in [-0.15, -0.1) is 11.3 Å². The van der Waals surface area contributed by atoms with Crippen LogP contribution in [0, 0.1) is 0 Å². The quantitative estimate of drug-likeness (QED) is 0.406. The van der Waals surface area contributed by atoms with Crippen LogP contribution in [0.3, 0.4) is 0 Å². The molecule has 3 heterocycles. The normalized spacial score (nSPS) is 10.8. The van der Waals surface area contributed by atoms with E-state index in [1.807, 2.05) is 18.2 Å². The molecule has 3 aromatic heterocycles. The highest BCUT2D eigenvalue weighted by Crippen LogP contribution is 2.37. The second-order valence-corrected chi connectivity index (χ2v) is 7.71. The van der Waals surface area contributed by atoms with Crippen molar-refractivity contribution in [1.29, 1.82) is 0 Å². The summed E-state index contributed by atoms with van der Waals surface area (Å²) in [4.78, 5) is 25.7. The lowest BCUT2D eigenvalue weighted by atomic mass is 10.0. The van der Waals surface area contributed by atoms with E-state index < -0.39 is 11.9 Å². The van der Waals surface area contributed by atoms with Crippen LogP contribution in [0.25, 0.3) is 16.6 Å². The van der Waals surface area contributed by atoms with E-state index in [2.05, 4.69) is 10.4 Å². The summed E-state index contributed by atoms with van der Waals surface area (Å²) in [6.07, 6.45) is 1.70. The predicted octanol–water partition coefficient (Wildman–Crippen LogP) is 5.15. The van der Waals surface area contributed by atoms with E-state index in [1.54, 1.807) is 49.9 Å². The zero-order valence-corrected chi connectivity index (χ0v) is 18.3. The summed E-state index contributed by atoms with van der Waals surface area (Å²) < 4.78 is 12.0. The Bertz CT molecular complexity index is 1260. The monoisotopic (exact) mass is 455 g/mol. The SMILES string of the molecule is CCOC(=O)c1c(-c2ccc(OC)cc2)csc1NC(=O)c1nn2ccccc2c1Cl. The summed E-state index contributed by atoms with van der Waals surface area (Å²) in [6, 6.07) is 12.7. The molecule has 0 saturated carbocycles. The van der Waals surface area contributed by atoms with E-state index >= 15 is 0 Å². The Morgan fingerprint density at radius 1 is 1.19 bits per heavy atom. The Kier molecular flexibility index (Phi) is 5.92. The summed E-state index contributed by atoms with van der Waals surface area (Å²) in [5.41, 5.74) is 2.42. The first-order valence-corrected chi connectivity index (χ1v) is 10.7. The van der Waals surface area contributed by atoms with Crippen LogP contribution in [-0.4, -0.2) is 35.2 Å². The maximum atomic E-state index is 12.9. The van der Waals surface area contributed by atoms with E-state index in [4.69, 9.17) is 21.1 Å². The number of carbonyl (C=O) groups excluding carboxylic acids is 2. The molecule has 0 atom stereocenters. The molecular weight excluding hydrogens is 438 g/mol. The summed E-state index contributed by atoms with van der Waals surface area (Å²) in [6.45, 7) is 1.94. The lowest BCUT2D eigenvalue weighted by molar-refractivity contribution is 0.0529. The van der Waals surface area contributed by atoms with Crippen molar-refractivity contribution in [3.05, 3.63) is 70.3 Å². The van der Waals surface area contributed by atoms with Crippen LogP contribution in [0.5, 0.6) is 5.75 Å².